The molecule has 7 nitrogen and oxygen atoms in total. The zero-order chi connectivity index (χ0) is 15.7. The lowest BCUT2D eigenvalue weighted by Crippen LogP contribution is -2.38. The number of hydrogen-bond acceptors (Lipinski definition) is 4. The third-order valence-electron chi connectivity index (χ3n) is 2.60. The van der Waals surface area contributed by atoms with Gasteiger partial charge in [0.1, 0.15) is 6.54 Å². The Morgan fingerprint density at radius 3 is 2.43 bits per heavy atom. The van der Waals surface area contributed by atoms with Crippen LogP contribution in [0.2, 0.25) is 0 Å². The first-order valence-electron chi connectivity index (χ1n) is 6.48. The molecule has 2 amide bonds. The lowest BCUT2D eigenvalue weighted by molar-refractivity contribution is -0.141. The first-order valence-corrected chi connectivity index (χ1v) is 6.48. The Bertz CT molecular complexity index is 516. The van der Waals surface area contributed by atoms with Crippen molar-refractivity contribution in [2.45, 2.75) is 19.9 Å². The second-order valence-corrected chi connectivity index (χ2v) is 4.18. The highest BCUT2D eigenvalue weighted by molar-refractivity contribution is 5.80. The van der Waals surface area contributed by atoms with Gasteiger partial charge in [0.05, 0.1) is 13.0 Å². The summed E-state index contributed by atoms with van der Waals surface area (Å²) in [5.74, 6) is -1.45. The van der Waals surface area contributed by atoms with E-state index < -0.39 is 18.0 Å². The number of carbonyl (C=O) groups is 3. The molecule has 114 valence electrons. The number of benzene rings is 1. The van der Waals surface area contributed by atoms with Gasteiger partial charge in [0.25, 0.3) is 0 Å². The summed E-state index contributed by atoms with van der Waals surface area (Å²) >= 11 is 0. The van der Waals surface area contributed by atoms with E-state index in [2.05, 4.69) is 15.4 Å². The van der Waals surface area contributed by atoms with Gasteiger partial charge in [-0.2, -0.15) is 0 Å². The largest absolute Gasteiger partial charge is 0.481 e. The molecular weight excluding hydrogens is 276 g/mol. The predicted molar refractivity (Wildman–Crippen MR) is 74.7 cm³/mol. The van der Waals surface area contributed by atoms with Gasteiger partial charge in [-0.3, -0.25) is 9.59 Å². The zero-order valence-corrected chi connectivity index (χ0v) is 11.7. The third kappa shape index (κ3) is 6.42. The summed E-state index contributed by atoms with van der Waals surface area (Å²) in [4.78, 5) is 33.3. The molecule has 0 saturated carbocycles. The van der Waals surface area contributed by atoms with Crippen LogP contribution in [0.4, 0.5) is 4.79 Å². The minimum absolute atomic E-state index is 0.109. The number of urea groups is 1. The van der Waals surface area contributed by atoms with E-state index in [4.69, 9.17) is 5.11 Å². The molecule has 0 saturated heterocycles. The molecule has 0 bridgehead atoms. The molecule has 0 spiro atoms. The lowest BCUT2D eigenvalue weighted by Gasteiger charge is -2.10. The van der Waals surface area contributed by atoms with Crippen molar-refractivity contribution in [3.05, 3.63) is 35.4 Å². The highest BCUT2D eigenvalue weighted by Gasteiger charge is 2.08. The van der Waals surface area contributed by atoms with Gasteiger partial charge < -0.3 is 20.5 Å². The van der Waals surface area contributed by atoms with Gasteiger partial charge in [-0.1, -0.05) is 24.3 Å². The van der Waals surface area contributed by atoms with E-state index in [-0.39, 0.29) is 26.1 Å². The maximum absolute atomic E-state index is 11.5. The van der Waals surface area contributed by atoms with E-state index in [1.807, 2.05) is 0 Å². The van der Waals surface area contributed by atoms with Crippen molar-refractivity contribution in [3.63, 3.8) is 0 Å². The van der Waals surface area contributed by atoms with Crippen LogP contribution in [0.3, 0.4) is 0 Å². The number of hydrogen-bond donors (Lipinski definition) is 3. The fourth-order valence-electron chi connectivity index (χ4n) is 1.67. The summed E-state index contributed by atoms with van der Waals surface area (Å²) < 4.78 is 4.67. The number of carbonyl (C=O) groups excluding carboxylic acids is 2. The van der Waals surface area contributed by atoms with Gasteiger partial charge in [0.2, 0.25) is 0 Å². The van der Waals surface area contributed by atoms with Gasteiger partial charge in [-0.25, -0.2) is 4.79 Å². The number of carboxylic acids is 1. The number of nitrogens with one attached hydrogen (secondary N) is 2. The standard InChI is InChI=1S/C14H18N2O5/c1-2-21-13(19)9-16-14(20)15-8-11-6-4-3-5-10(11)7-12(17)18/h3-6H,2,7-9H2,1H3,(H,17,18)(H2,15,16,20). The highest BCUT2D eigenvalue weighted by atomic mass is 16.5. The Balaban J connectivity index is 2.46. The topological polar surface area (TPSA) is 105 Å². The summed E-state index contributed by atoms with van der Waals surface area (Å²) in [6.45, 7) is 1.90. The minimum Gasteiger partial charge on any atom is -0.481 e. The van der Waals surface area contributed by atoms with Crippen molar-refractivity contribution in [1.29, 1.82) is 0 Å². The molecule has 1 aromatic carbocycles. The maximum Gasteiger partial charge on any atom is 0.325 e. The molecule has 0 aliphatic carbocycles. The Morgan fingerprint density at radius 1 is 1.14 bits per heavy atom. The van der Waals surface area contributed by atoms with Gasteiger partial charge in [0, 0.05) is 6.54 Å². The lowest BCUT2D eigenvalue weighted by atomic mass is 10.0. The molecule has 0 aromatic heterocycles. The Morgan fingerprint density at radius 2 is 1.81 bits per heavy atom. The Labute approximate surface area is 122 Å². The van der Waals surface area contributed by atoms with E-state index in [0.717, 1.165) is 0 Å². The molecule has 0 atom stereocenters. The average molecular weight is 294 g/mol. The smallest absolute Gasteiger partial charge is 0.325 e. The average Bonchev–Trinajstić information content (AvgIpc) is 2.44. The first kappa shape index (κ1) is 16.5. The molecule has 0 radical (unpaired) electrons. The summed E-state index contributed by atoms with van der Waals surface area (Å²) in [6, 6.07) is 6.42. The molecule has 0 fully saturated rings. The van der Waals surface area contributed by atoms with Crippen LogP contribution in [0.25, 0.3) is 0 Å². The molecule has 7 heteroatoms. The van der Waals surface area contributed by atoms with Gasteiger partial charge in [0.15, 0.2) is 0 Å². The molecule has 0 heterocycles. The summed E-state index contributed by atoms with van der Waals surface area (Å²) in [7, 11) is 0. The maximum atomic E-state index is 11.5. The van der Waals surface area contributed by atoms with Gasteiger partial charge in [-0.05, 0) is 18.1 Å². The predicted octanol–water partition coefficient (Wildman–Crippen LogP) is 0.676. The fourth-order valence-corrected chi connectivity index (χ4v) is 1.67. The van der Waals surface area contributed by atoms with Crippen LogP contribution in [-0.4, -0.2) is 36.2 Å². The van der Waals surface area contributed by atoms with Crippen molar-refractivity contribution in [2.75, 3.05) is 13.2 Å². The quantitative estimate of drug-likeness (QED) is 0.641. The molecule has 1 aromatic rings. The van der Waals surface area contributed by atoms with E-state index >= 15 is 0 Å². The SMILES string of the molecule is CCOC(=O)CNC(=O)NCc1ccccc1CC(=O)O. The van der Waals surface area contributed by atoms with Crippen molar-refractivity contribution in [1.82, 2.24) is 10.6 Å². The number of ether oxygens (including phenoxy) is 1. The minimum atomic E-state index is -0.936. The van der Waals surface area contributed by atoms with Gasteiger partial charge in [-0.15, -0.1) is 0 Å². The van der Waals surface area contributed by atoms with Crippen LogP contribution in [0.15, 0.2) is 24.3 Å². The van der Waals surface area contributed by atoms with E-state index in [0.29, 0.717) is 11.1 Å². The van der Waals surface area contributed by atoms with Crippen LogP contribution in [-0.2, 0) is 27.3 Å². The Kier molecular flexibility index (Phi) is 6.73. The third-order valence-corrected chi connectivity index (χ3v) is 2.60. The van der Waals surface area contributed by atoms with Crippen LogP contribution in [0, 0.1) is 0 Å². The molecule has 0 aliphatic rings. The molecule has 3 N–H and O–H groups in total. The normalized spacial score (nSPS) is 9.76. The number of amides is 2. The molecule has 0 aliphatic heterocycles. The van der Waals surface area contributed by atoms with E-state index in [1.54, 1.807) is 31.2 Å². The van der Waals surface area contributed by atoms with Crippen LogP contribution in [0.1, 0.15) is 18.1 Å². The van der Waals surface area contributed by atoms with E-state index in [9.17, 15) is 14.4 Å². The summed E-state index contributed by atoms with van der Waals surface area (Å²) in [6.07, 6.45) is -0.109. The van der Waals surface area contributed by atoms with Crippen LogP contribution in [0.5, 0.6) is 0 Å². The van der Waals surface area contributed by atoms with Crippen molar-refractivity contribution < 1.29 is 24.2 Å². The van der Waals surface area contributed by atoms with Crippen LogP contribution < -0.4 is 10.6 Å². The van der Waals surface area contributed by atoms with Crippen LogP contribution >= 0.6 is 0 Å². The molecular formula is C14H18N2O5. The molecule has 1 rings (SSSR count). The summed E-state index contributed by atoms with van der Waals surface area (Å²) in [5.41, 5.74) is 1.35. The number of rotatable bonds is 7. The Hall–Kier alpha value is -2.57. The monoisotopic (exact) mass is 294 g/mol. The van der Waals surface area contributed by atoms with Gasteiger partial charge >= 0.3 is 18.0 Å². The second kappa shape index (κ2) is 8.57. The zero-order valence-electron chi connectivity index (χ0n) is 11.7. The number of carboxylic acid groups (broad SMARTS) is 1. The van der Waals surface area contributed by atoms with Crippen molar-refractivity contribution in [2.24, 2.45) is 0 Å². The first-order chi connectivity index (χ1) is 10.0. The second-order valence-electron chi connectivity index (χ2n) is 4.18. The van der Waals surface area contributed by atoms with E-state index in [1.165, 1.54) is 0 Å². The number of esters is 1. The van der Waals surface area contributed by atoms with Crippen molar-refractivity contribution >= 4 is 18.0 Å². The summed E-state index contributed by atoms with van der Waals surface area (Å²) in [5, 5.41) is 13.7. The van der Waals surface area contributed by atoms with Crippen molar-refractivity contribution in [3.8, 4) is 0 Å². The highest BCUT2D eigenvalue weighted by Crippen LogP contribution is 2.09. The molecule has 21 heavy (non-hydrogen) atoms. The molecule has 0 unspecified atom stereocenters. The fraction of sp³-hybridized carbons (Fsp3) is 0.357. The number of aliphatic carboxylic acids is 1.